The molecule has 0 unspecified atom stereocenters. The molecule has 168 valence electrons. The summed E-state index contributed by atoms with van der Waals surface area (Å²) in [7, 11) is 1.49. The number of rotatable bonds is 10. The lowest BCUT2D eigenvalue weighted by Crippen LogP contribution is -2.43. The average molecular weight is 459 g/mol. The minimum atomic E-state index is -0.644. The summed E-state index contributed by atoms with van der Waals surface area (Å²) in [4.78, 5) is 30.1. The van der Waals surface area contributed by atoms with Crippen LogP contribution in [0.1, 0.15) is 20.8 Å². The number of carbonyl (C=O) groups is 2. The molecule has 0 N–H and O–H groups in total. The molecule has 0 aliphatic rings. The first-order chi connectivity index (χ1) is 15.5. The van der Waals surface area contributed by atoms with Crippen molar-refractivity contribution in [3.05, 3.63) is 93.7 Å². The number of hydrogen-bond donors (Lipinski definition) is 0. The van der Waals surface area contributed by atoms with E-state index in [2.05, 4.69) is 0 Å². The molecule has 0 fully saturated rings. The fourth-order valence-corrected chi connectivity index (χ4v) is 3.87. The minimum absolute atomic E-state index is 0.0975. The zero-order valence-corrected chi connectivity index (χ0v) is 18.5. The van der Waals surface area contributed by atoms with Crippen LogP contribution in [0.2, 0.25) is 0 Å². The van der Waals surface area contributed by atoms with Gasteiger partial charge in [-0.3, -0.25) is 9.59 Å². The Bertz CT molecular complexity index is 1030. The third kappa shape index (κ3) is 6.45. The summed E-state index contributed by atoms with van der Waals surface area (Å²) in [5, 5.41) is 1.92. The number of thiophene rings is 1. The van der Waals surface area contributed by atoms with Gasteiger partial charge in [0.05, 0.1) is 18.7 Å². The van der Waals surface area contributed by atoms with Gasteiger partial charge in [0.1, 0.15) is 18.2 Å². The van der Waals surface area contributed by atoms with Crippen molar-refractivity contribution >= 4 is 23.2 Å². The summed E-state index contributed by atoms with van der Waals surface area (Å²) in [6.07, 6.45) is 0. The minimum Gasteiger partial charge on any atom is -0.383 e. The third-order valence-corrected chi connectivity index (χ3v) is 5.71. The van der Waals surface area contributed by atoms with E-state index in [0.717, 1.165) is 10.4 Å². The van der Waals surface area contributed by atoms with Crippen molar-refractivity contribution in [1.29, 1.82) is 0 Å². The topological polar surface area (TPSA) is 49.9 Å². The van der Waals surface area contributed by atoms with Gasteiger partial charge in [-0.2, -0.15) is 0 Å². The highest BCUT2D eigenvalue weighted by atomic mass is 32.1. The van der Waals surface area contributed by atoms with E-state index in [1.807, 2.05) is 17.5 Å². The number of carbonyl (C=O) groups excluding carboxylic acids is 2. The van der Waals surface area contributed by atoms with E-state index in [4.69, 9.17) is 4.74 Å². The Morgan fingerprint density at radius 3 is 2.34 bits per heavy atom. The van der Waals surface area contributed by atoms with Crippen LogP contribution in [0, 0.1) is 11.6 Å². The second-order valence-corrected chi connectivity index (χ2v) is 8.19. The van der Waals surface area contributed by atoms with Crippen LogP contribution in [0.25, 0.3) is 0 Å². The molecule has 0 saturated heterocycles. The normalized spacial score (nSPS) is 10.7. The quantitative estimate of drug-likeness (QED) is 0.454. The van der Waals surface area contributed by atoms with Crippen molar-refractivity contribution in [2.45, 2.75) is 13.1 Å². The van der Waals surface area contributed by atoms with Crippen LogP contribution in [-0.2, 0) is 22.6 Å². The molecule has 2 aromatic carbocycles. The summed E-state index contributed by atoms with van der Waals surface area (Å²) in [6.45, 7) is 0.709. The SMILES string of the molecule is COCCN(CC(=O)N(Cc1ccc(F)cc1)Cc1cccs1)C(=O)c1ccccc1F. The molecule has 3 rings (SSSR count). The molecule has 2 amide bonds. The maximum atomic E-state index is 14.2. The van der Waals surface area contributed by atoms with Gasteiger partial charge >= 0.3 is 0 Å². The van der Waals surface area contributed by atoms with Gasteiger partial charge in [0.25, 0.3) is 5.91 Å². The molecule has 3 aromatic rings. The molecule has 0 bridgehead atoms. The zero-order chi connectivity index (χ0) is 22.9. The molecule has 0 saturated carbocycles. The van der Waals surface area contributed by atoms with E-state index in [0.29, 0.717) is 6.54 Å². The van der Waals surface area contributed by atoms with Gasteiger partial charge in [-0.15, -0.1) is 11.3 Å². The van der Waals surface area contributed by atoms with Gasteiger partial charge in [-0.25, -0.2) is 8.78 Å². The number of amides is 2. The van der Waals surface area contributed by atoms with E-state index in [1.165, 1.54) is 53.7 Å². The van der Waals surface area contributed by atoms with Crippen LogP contribution in [0.5, 0.6) is 0 Å². The predicted molar refractivity (Wildman–Crippen MR) is 119 cm³/mol. The van der Waals surface area contributed by atoms with Crippen molar-refractivity contribution in [2.24, 2.45) is 0 Å². The fraction of sp³-hybridized carbons (Fsp3) is 0.250. The first-order valence-electron chi connectivity index (χ1n) is 10.0. The van der Waals surface area contributed by atoms with Crippen molar-refractivity contribution in [3.8, 4) is 0 Å². The molecule has 32 heavy (non-hydrogen) atoms. The van der Waals surface area contributed by atoms with Gasteiger partial charge in [0.15, 0.2) is 0 Å². The van der Waals surface area contributed by atoms with E-state index in [9.17, 15) is 18.4 Å². The lowest BCUT2D eigenvalue weighted by Gasteiger charge is -2.27. The van der Waals surface area contributed by atoms with E-state index in [1.54, 1.807) is 23.1 Å². The Hall–Kier alpha value is -3.10. The summed E-state index contributed by atoms with van der Waals surface area (Å²) in [6, 6.07) is 15.4. The molecular formula is C24H24F2N2O3S. The molecule has 8 heteroatoms. The van der Waals surface area contributed by atoms with Crippen molar-refractivity contribution < 1.29 is 23.1 Å². The van der Waals surface area contributed by atoms with Crippen LogP contribution in [0.4, 0.5) is 8.78 Å². The second-order valence-electron chi connectivity index (χ2n) is 7.15. The highest BCUT2D eigenvalue weighted by Gasteiger charge is 2.24. The summed E-state index contributed by atoms with van der Waals surface area (Å²) in [5.74, 6) is -1.88. The van der Waals surface area contributed by atoms with E-state index in [-0.39, 0.29) is 43.5 Å². The Balaban J connectivity index is 1.80. The Morgan fingerprint density at radius 1 is 0.938 bits per heavy atom. The van der Waals surface area contributed by atoms with Crippen LogP contribution in [0.3, 0.4) is 0 Å². The van der Waals surface area contributed by atoms with Gasteiger partial charge in [-0.1, -0.05) is 30.3 Å². The zero-order valence-electron chi connectivity index (χ0n) is 17.7. The van der Waals surface area contributed by atoms with Crippen molar-refractivity contribution in [3.63, 3.8) is 0 Å². The Kier molecular flexibility index (Phi) is 8.47. The van der Waals surface area contributed by atoms with Crippen LogP contribution < -0.4 is 0 Å². The second kappa shape index (κ2) is 11.5. The summed E-state index contributed by atoms with van der Waals surface area (Å²) in [5.41, 5.74) is 0.667. The van der Waals surface area contributed by atoms with Crippen LogP contribution in [0.15, 0.2) is 66.0 Å². The number of benzene rings is 2. The van der Waals surface area contributed by atoms with Gasteiger partial charge in [0.2, 0.25) is 5.91 Å². The molecule has 0 atom stereocenters. The number of ether oxygens (including phenoxy) is 1. The number of methoxy groups -OCH3 is 1. The molecule has 5 nitrogen and oxygen atoms in total. The number of hydrogen-bond acceptors (Lipinski definition) is 4. The van der Waals surface area contributed by atoms with E-state index >= 15 is 0 Å². The van der Waals surface area contributed by atoms with E-state index < -0.39 is 11.7 Å². The Morgan fingerprint density at radius 2 is 1.69 bits per heavy atom. The highest BCUT2D eigenvalue weighted by Crippen LogP contribution is 2.17. The van der Waals surface area contributed by atoms with Crippen LogP contribution in [-0.4, -0.2) is 48.4 Å². The fourth-order valence-electron chi connectivity index (χ4n) is 3.16. The Labute approximate surface area is 189 Å². The lowest BCUT2D eigenvalue weighted by atomic mass is 10.1. The standard InChI is InChI=1S/C24H24F2N2O3S/c1-31-13-12-27(24(30)21-6-2-3-7-22(21)26)17-23(29)28(16-20-5-4-14-32-20)15-18-8-10-19(25)11-9-18/h2-11,14H,12-13,15-17H2,1H3. The lowest BCUT2D eigenvalue weighted by molar-refractivity contribution is -0.133. The molecular weight excluding hydrogens is 434 g/mol. The maximum absolute atomic E-state index is 14.2. The van der Waals surface area contributed by atoms with Gasteiger partial charge in [0, 0.05) is 25.1 Å². The molecule has 0 aliphatic heterocycles. The monoisotopic (exact) mass is 458 g/mol. The first kappa shape index (κ1) is 23.6. The molecule has 0 aliphatic carbocycles. The van der Waals surface area contributed by atoms with Crippen molar-refractivity contribution in [1.82, 2.24) is 9.80 Å². The highest BCUT2D eigenvalue weighted by molar-refractivity contribution is 7.09. The smallest absolute Gasteiger partial charge is 0.257 e. The van der Waals surface area contributed by atoms with Gasteiger partial charge < -0.3 is 14.5 Å². The first-order valence-corrected chi connectivity index (χ1v) is 10.9. The van der Waals surface area contributed by atoms with Gasteiger partial charge in [-0.05, 0) is 41.3 Å². The largest absolute Gasteiger partial charge is 0.383 e. The van der Waals surface area contributed by atoms with Crippen LogP contribution >= 0.6 is 11.3 Å². The predicted octanol–water partition coefficient (Wildman–Crippen LogP) is 4.34. The number of halogens is 2. The maximum Gasteiger partial charge on any atom is 0.257 e. The molecule has 1 heterocycles. The summed E-state index contributed by atoms with van der Waals surface area (Å²) < 4.78 is 32.6. The molecule has 1 aromatic heterocycles. The third-order valence-electron chi connectivity index (χ3n) is 4.85. The molecule has 0 spiro atoms. The number of nitrogens with zero attached hydrogens (tertiary/aromatic N) is 2. The van der Waals surface area contributed by atoms with Crippen molar-refractivity contribution in [2.75, 3.05) is 26.8 Å². The molecule has 0 radical (unpaired) electrons. The average Bonchev–Trinajstić information content (AvgIpc) is 3.30. The summed E-state index contributed by atoms with van der Waals surface area (Å²) >= 11 is 1.52.